The van der Waals surface area contributed by atoms with Gasteiger partial charge in [0, 0.05) is 12.1 Å². The molecule has 2 rings (SSSR count). The number of nitro benzene ring substituents is 1. The van der Waals surface area contributed by atoms with Crippen molar-refractivity contribution in [3.05, 3.63) is 34.1 Å². The van der Waals surface area contributed by atoms with Gasteiger partial charge in [0.2, 0.25) is 0 Å². The SMILES string of the molecule is O=C([O-])[C@@H](O)[C@H](O)c1nc2ccc([N+](=O)[O-])cc2[nH]1. The number of nitrogens with one attached hydrogen (secondary N) is 1. The van der Waals surface area contributed by atoms with Crippen LogP contribution in [-0.2, 0) is 4.79 Å². The molecule has 0 amide bonds. The van der Waals surface area contributed by atoms with Crippen LogP contribution < -0.4 is 5.11 Å². The Hall–Kier alpha value is -2.52. The summed E-state index contributed by atoms with van der Waals surface area (Å²) in [5.41, 5.74) is 0.358. The summed E-state index contributed by atoms with van der Waals surface area (Å²) in [5.74, 6) is -2.06. The molecule has 19 heavy (non-hydrogen) atoms. The number of fused-ring (bicyclic) bond motifs is 1. The third-order valence-corrected chi connectivity index (χ3v) is 2.52. The van der Waals surface area contributed by atoms with Crippen molar-refractivity contribution in [3.63, 3.8) is 0 Å². The topological polar surface area (TPSA) is 152 Å². The number of aliphatic hydroxyl groups excluding tert-OH is 2. The van der Waals surface area contributed by atoms with Gasteiger partial charge < -0.3 is 25.1 Å². The number of hydrogen-bond donors (Lipinski definition) is 3. The first-order chi connectivity index (χ1) is 8.90. The molecule has 9 heteroatoms. The first-order valence-electron chi connectivity index (χ1n) is 5.11. The van der Waals surface area contributed by atoms with E-state index >= 15 is 0 Å². The summed E-state index contributed by atoms with van der Waals surface area (Å²) in [4.78, 5) is 26.7. The summed E-state index contributed by atoms with van der Waals surface area (Å²) in [6.07, 6.45) is -3.95. The van der Waals surface area contributed by atoms with Gasteiger partial charge in [-0.15, -0.1) is 0 Å². The predicted octanol–water partition coefficient (Wildman–Crippen LogP) is -1.38. The summed E-state index contributed by atoms with van der Waals surface area (Å²) in [6, 6.07) is 3.74. The van der Waals surface area contributed by atoms with Crippen molar-refractivity contribution in [3.8, 4) is 0 Å². The van der Waals surface area contributed by atoms with Crippen LogP contribution in [0.4, 0.5) is 5.69 Å². The number of imidazole rings is 1. The van der Waals surface area contributed by atoms with E-state index in [2.05, 4.69) is 9.97 Å². The number of carbonyl (C=O) groups excluding carboxylic acids is 1. The fraction of sp³-hybridized carbons (Fsp3) is 0.200. The number of aliphatic hydroxyl groups is 2. The number of aliphatic carboxylic acids is 1. The molecule has 0 saturated heterocycles. The minimum absolute atomic E-state index is 0.183. The summed E-state index contributed by atoms with van der Waals surface area (Å²) in [5, 5.41) is 39.7. The Morgan fingerprint density at radius 3 is 2.68 bits per heavy atom. The van der Waals surface area contributed by atoms with Gasteiger partial charge in [0.15, 0.2) is 0 Å². The molecule has 0 bridgehead atoms. The number of H-pyrrole nitrogens is 1. The number of carboxylic acid groups (broad SMARTS) is 1. The lowest BCUT2D eigenvalue weighted by molar-refractivity contribution is -0.384. The number of rotatable bonds is 4. The van der Waals surface area contributed by atoms with Crippen LogP contribution in [0, 0.1) is 10.1 Å². The zero-order valence-corrected chi connectivity index (χ0v) is 9.31. The number of nitrogens with zero attached hydrogens (tertiary/aromatic N) is 2. The molecule has 0 saturated carbocycles. The van der Waals surface area contributed by atoms with Crippen molar-refractivity contribution in [1.82, 2.24) is 9.97 Å². The van der Waals surface area contributed by atoms with Gasteiger partial charge in [-0.2, -0.15) is 0 Å². The number of nitro groups is 1. The maximum Gasteiger partial charge on any atom is 0.271 e. The van der Waals surface area contributed by atoms with E-state index in [0.717, 1.165) is 0 Å². The fourth-order valence-corrected chi connectivity index (χ4v) is 1.55. The van der Waals surface area contributed by atoms with E-state index in [4.69, 9.17) is 5.11 Å². The molecule has 0 fully saturated rings. The molecule has 0 aliphatic carbocycles. The van der Waals surface area contributed by atoms with Gasteiger partial charge in [0.25, 0.3) is 5.69 Å². The van der Waals surface area contributed by atoms with Crippen LogP contribution >= 0.6 is 0 Å². The number of carboxylic acids is 1. The predicted molar refractivity (Wildman–Crippen MR) is 58.7 cm³/mol. The number of non-ortho nitro benzene ring substituents is 1. The van der Waals surface area contributed by atoms with E-state index in [1.165, 1.54) is 18.2 Å². The Balaban J connectivity index is 2.41. The van der Waals surface area contributed by atoms with Gasteiger partial charge in [-0.05, 0) is 6.07 Å². The second-order valence-electron chi connectivity index (χ2n) is 3.79. The molecule has 0 spiro atoms. The molecular weight excluding hydrogens is 258 g/mol. The standard InChI is InChI=1S/C10H9N3O6/c14-7(8(15)10(16)17)9-11-5-2-1-4(13(18)19)3-6(5)12-9/h1-3,7-8,14-15H,(H,11,12)(H,16,17)/p-1/t7-,8-/m0/s1. The molecule has 2 atom stereocenters. The first-order valence-corrected chi connectivity index (χ1v) is 5.11. The highest BCUT2D eigenvalue weighted by Crippen LogP contribution is 2.22. The summed E-state index contributed by atoms with van der Waals surface area (Å²) in [6.45, 7) is 0. The molecule has 0 aliphatic rings. The molecule has 1 heterocycles. The Labute approximate surface area is 105 Å². The maximum atomic E-state index is 10.6. The van der Waals surface area contributed by atoms with Crippen molar-refractivity contribution in [2.75, 3.05) is 0 Å². The van der Waals surface area contributed by atoms with Crippen LogP contribution in [0.5, 0.6) is 0 Å². The molecule has 1 aromatic heterocycles. The largest absolute Gasteiger partial charge is 0.547 e. The number of benzene rings is 1. The van der Waals surface area contributed by atoms with Crippen LogP contribution in [0.2, 0.25) is 0 Å². The van der Waals surface area contributed by atoms with E-state index < -0.39 is 23.1 Å². The highest BCUT2D eigenvalue weighted by atomic mass is 16.6. The van der Waals surface area contributed by atoms with Gasteiger partial charge >= 0.3 is 0 Å². The lowest BCUT2D eigenvalue weighted by Crippen LogP contribution is -2.39. The maximum absolute atomic E-state index is 10.6. The van der Waals surface area contributed by atoms with Gasteiger partial charge in [0.05, 0.1) is 21.9 Å². The fourth-order valence-electron chi connectivity index (χ4n) is 1.55. The van der Waals surface area contributed by atoms with E-state index in [9.17, 15) is 25.1 Å². The smallest absolute Gasteiger partial charge is 0.271 e. The van der Waals surface area contributed by atoms with E-state index in [1.807, 2.05) is 0 Å². The van der Waals surface area contributed by atoms with Crippen LogP contribution in [0.3, 0.4) is 0 Å². The van der Waals surface area contributed by atoms with Crippen molar-refractivity contribution in [2.24, 2.45) is 0 Å². The Kier molecular flexibility index (Phi) is 3.15. The summed E-state index contributed by atoms with van der Waals surface area (Å²) in [7, 11) is 0. The number of hydrogen-bond acceptors (Lipinski definition) is 7. The lowest BCUT2D eigenvalue weighted by atomic mass is 10.2. The number of aromatic nitrogens is 2. The first kappa shape index (κ1) is 12.9. The average molecular weight is 266 g/mol. The second-order valence-corrected chi connectivity index (χ2v) is 3.79. The molecule has 9 nitrogen and oxygen atoms in total. The third-order valence-electron chi connectivity index (χ3n) is 2.52. The highest BCUT2D eigenvalue weighted by Gasteiger charge is 2.23. The monoisotopic (exact) mass is 266 g/mol. The minimum atomic E-state index is -2.14. The zero-order valence-electron chi connectivity index (χ0n) is 9.31. The zero-order chi connectivity index (χ0) is 14.2. The second kappa shape index (κ2) is 4.63. The van der Waals surface area contributed by atoms with Crippen LogP contribution in [0.15, 0.2) is 18.2 Å². The Bertz CT molecular complexity index is 652. The van der Waals surface area contributed by atoms with Crippen LogP contribution in [0.25, 0.3) is 11.0 Å². The average Bonchev–Trinajstić information content (AvgIpc) is 2.79. The van der Waals surface area contributed by atoms with Crippen LogP contribution in [0.1, 0.15) is 11.9 Å². The minimum Gasteiger partial charge on any atom is -0.547 e. The Morgan fingerprint density at radius 2 is 2.11 bits per heavy atom. The van der Waals surface area contributed by atoms with Crippen molar-refractivity contribution < 1.29 is 25.0 Å². The van der Waals surface area contributed by atoms with Crippen LogP contribution in [-0.4, -0.2) is 37.2 Å². The summed E-state index contributed by atoms with van der Waals surface area (Å²) < 4.78 is 0. The number of aromatic amines is 1. The highest BCUT2D eigenvalue weighted by molar-refractivity contribution is 5.78. The van der Waals surface area contributed by atoms with Crippen molar-refractivity contribution in [2.45, 2.75) is 12.2 Å². The number of carbonyl (C=O) groups is 1. The normalized spacial score (nSPS) is 14.2. The quantitative estimate of drug-likeness (QED) is 0.455. The molecule has 1 aromatic carbocycles. The van der Waals surface area contributed by atoms with E-state index in [1.54, 1.807) is 0 Å². The Morgan fingerprint density at radius 1 is 1.42 bits per heavy atom. The molecule has 3 N–H and O–H groups in total. The molecule has 100 valence electrons. The summed E-state index contributed by atoms with van der Waals surface area (Å²) >= 11 is 0. The molecule has 0 radical (unpaired) electrons. The molecular formula is C10H8N3O6-. The molecule has 2 aromatic rings. The van der Waals surface area contributed by atoms with E-state index in [-0.39, 0.29) is 17.0 Å². The van der Waals surface area contributed by atoms with Gasteiger partial charge in [0.1, 0.15) is 18.0 Å². The lowest BCUT2D eigenvalue weighted by Gasteiger charge is -2.15. The molecule has 0 aliphatic heterocycles. The van der Waals surface area contributed by atoms with Crippen molar-refractivity contribution >= 4 is 22.7 Å². The van der Waals surface area contributed by atoms with Crippen molar-refractivity contribution in [1.29, 1.82) is 0 Å². The van der Waals surface area contributed by atoms with Gasteiger partial charge in [-0.1, -0.05) is 0 Å². The van der Waals surface area contributed by atoms with Gasteiger partial charge in [-0.25, -0.2) is 4.98 Å². The van der Waals surface area contributed by atoms with E-state index in [0.29, 0.717) is 5.52 Å². The van der Waals surface area contributed by atoms with Gasteiger partial charge in [-0.3, -0.25) is 10.1 Å². The molecule has 0 unspecified atom stereocenters. The third kappa shape index (κ3) is 2.37.